The number of fused-ring (bicyclic) bond motifs is 1. The minimum Gasteiger partial charge on any atom is -0.324 e. The van der Waals surface area contributed by atoms with Crippen LogP contribution in [0.2, 0.25) is 5.02 Å². The molecule has 0 saturated carbocycles. The number of rotatable bonds is 3. The molecule has 0 bridgehead atoms. The Bertz CT molecular complexity index is 835. The van der Waals surface area contributed by atoms with Gasteiger partial charge in [-0.1, -0.05) is 11.6 Å². The Morgan fingerprint density at radius 2 is 2.17 bits per heavy atom. The molecular weight excluding hydrogens is 321 g/mol. The summed E-state index contributed by atoms with van der Waals surface area (Å²) >= 11 is 5.69. The molecule has 0 fully saturated rings. The van der Waals surface area contributed by atoms with Crippen molar-refractivity contribution in [1.82, 2.24) is 9.78 Å². The monoisotopic (exact) mass is 335 g/mol. The van der Waals surface area contributed by atoms with Crippen molar-refractivity contribution in [2.75, 3.05) is 5.32 Å². The number of aromatic nitrogens is 2. The second kappa shape index (κ2) is 6.12. The molecule has 1 aromatic heterocycles. The van der Waals surface area contributed by atoms with Crippen LogP contribution in [0.15, 0.2) is 29.1 Å². The third-order valence-corrected chi connectivity index (χ3v) is 4.21. The molecule has 0 saturated heterocycles. The number of benzene rings is 1. The fourth-order valence-corrected chi connectivity index (χ4v) is 2.80. The minimum atomic E-state index is -0.780. The minimum absolute atomic E-state index is 0.0803. The molecule has 23 heavy (non-hydrogen) atoms. The van der Waals surface area contributed by atoms with Crippen LogP contribution in [0.4, 0.5) is 10.1 Å². The lowest BCUT2D eigenvalue weighted by molar-refractivity contribution is -0.119. The van der Waals surface area contributed by atoms with Gasteiger partial charge in [0.15, 0.2) is 0 Å². The Kier molecular flexibility index (Phi) is 4.17. The molecule has 1 N–H and O–H groups in total. The zero-order valence-corrected chi connectivity index (χ0v) is 13.2. The van der Waals surface area contributed by atoms with Crippen molar-refractivity contribution in [2.24, 2.45) is 0 Å². The first-order valence-corrected chi connectivity index (χ1v) is 7.71. The van der Waals surface area contributed by atoms with Crippen molar-refractivity contribution in [3.05, 3.63) is 56.7 Å². The predicted molar refractivity (Wildman–Crippen MR) is 85.3 cm³/mol. The average molecular weight is 336 g/mol. The van der Waals surface area contributed by atoms with Crippen molar-refractivity contribution in [3.63, 3.8) is 0 Å². The molecule has 1 amide bonds. The van der Waals surface area contributed by atoms with E-state index in [1.54, 1.807) is 13.0 Å². The summed E-state index contributed by atoms with van der Waals surface area (Å²) in [6.45, 7) is 1.59. The van der Waals surface area contributed by atoms with Gasteiger partial charge >= 0.3 is 0 Å². The molecular formula is C16H15ClFN3O2. The maximum absolute atomic E-state index is 13.1. The zero-order valence-electron chi connectivity index (χ0n) is 12.5. The largest absolute Gasteiger partial charge is 0.324 e. The summed E-state index contributed by atoms with van der Waals surface area (Å²) in [5.74, 6) is -0.977. The van der Waals surface area contributed by atoms with Gasteiger partial charge in [-0.05, 0) is 49.9 Å². The van der Waals surface area contributed by atoms with E-state index in [9.17, 15) is 14.0 Å². The molecule has 5 nitrogen and oxygen atoms in total. The molecule has 2 aromatic rings. The van der Waals surface area contributed by atoms with Gasteiger partial charge in [-0.15, -0.1) is 0 Å². The van der Waals surface area contributed by atoms with Crippen LogP contribution in [0.1, 0.15) is 30.6 Å². The molecule has 1 heterocycles. The fraction of sp³-hybridized carbons (Fsp3) is 0.312. The van der Waals surface area contributed by atoms with Crippen molar-refractivity contribution in [2.45, 2.75) is 32.2 Å². The summed E-state index contributed by atoms with van der Waals surface area (Å²) in [6, 6.07) is 4.67. The van der Waals surface area contributed by atoms with Crippen LogP contribution in [-0.4, -0.2) is 15.7 Å². The molecule has 1 aromatic carbocycles. The molecule has 1 aliphatic carbocycles. The van der Waals surface area contributed by atoms with Crippen molar-refractivity contribution >= 4 is 23.2 Å². The molecule has 7 heteroatoms. The van der Waals surface area contributed by atoms with Crippen LogP contribution >= 0.6 is 11.6 Å². The number of carbonyl (C=O) groups excluding carboxylic acids is 1. The van der Waals surface area contributed by atoms with E-state index in [0.717, 1.165) is 30.5 Å². The molecule has 0 spiro atoms. The lowest BCUT2D eigenvalue weighted by atomic mass is 10.2. The Labute approximate surface area is 137 Å². The maximum atomic E-state index is 13.1. The summed E-state index contributed by atoms with van der Waals surface area (Å²) in [5.41, 5.74) is 1.89. The Morgan fingerprint density at radius 1 is 1.39 bits per heavy atom. The van der Waals surface area contributed by atoms with Crippen LogP contribution in [0.5, 0.6) is 0 Å². The standard InChI is InChI=1S/C16H15ClFN3O2/c1-9(16(23)19-11-5-6-13(18)12(17)8-11)21-15(22)7-10-3-2-4-14(10)20-21/h5-9H,2-4H2,1H3,(H,19,23). The summed E-state index contributed by atoms with van der Waals surface area (Å²) in [7, 11) is 0. The average Bonchev–Trinajstić information content (AvgIpc) is 2.96. The molecule has 1 atom stereocenters. The number of nitrogens with zero attached hydrogens (tertiary/aromatic N) is 2. The van der Waals surface area contributed by atoms with Gasteiger partial charge in [-0.25, -0.2) is 9.07 Å². The number of halogens is 2. The lowest BCUT2D eigenvalue weighted by Crippen LogP contribution is -2.34. The van der Waals surface area contributed by atoms with Gasteiger partial charge in [-0.3, -0.25) is 9.59 Å². The molecule has 0 aliphatic heterocycles. The van der Waals surface area contributed by atoms with Gasteiger partial charge < -0.3 is 5.32 Å². The molecule has 3 rings (SSSR count). The first-order valence-electron chi connectivity index (χ1n) is 7.33. The van der Waals surface area contributed by atoms with Gasteiger partial charge in [-0.2, -0.15) is 5.10 Å². The number of nitrogens with one attached hydrogen (secondary N) is 1. The third-order valence-electron chi connectivity index (χ3n) is 3.92. The van der Waals surface area contributed by atoms with Crippen molar-refractivity contribution in [3.8, 4) is 0 Å². The van der Waals surface area contributed by atoms with E-state index in [2.05, 4.69) is 10.4 Å². The normalized spacial score (nSPS) is 14.4. The molecule has 120 valence electrons. The highest BCUT2D eigenvalue weighted by molar-refractivity contribution is 6.31. The second-order valence-electron chi connectivity index (χ2n) is 5.55. The highest BCUT2D eigenvalue weighted by atomic mass is 35.5. The van der Waals surface area contributed by atoms with Gasteiger partial charge in [0.05, 0.1) is 10.7 Å². The van der Waals surface area contributed by atoms with E-state index in [-0.39, 0.29) is 10.6 Å². The Morgan fingerprint density at radius 3 is 2.91 bits per heavy atom. The predicted octanol–water partition coefficient (Wildman–Crippen LogP) is 2.72. The van der Waals surface area contributed by atoms with Crippen LogP contribution in [0, 0.1) is 5.82 Å². The van der Waals surface area contributed by atoms with E-state index in [1.807, 2.05) is 0 Å². The highest BCUT2D eigenvalue weighted by Crippen LogP contribution is 2.21. The van der Waals surface area contributed by atoms with Gasteiger partial charge in [0.25, 0.3) is 5.56 Å². The first-order chi connectivity index (χ1) is 11.0. The van der Waals surface area contributed by atoms with Crippen LogP contribution in [-0.2, 0) is 17.6 Å². The highest BCUT2D eigenvalue weighted by Gasteiger charge is 2.21. The topological polar surface area (TPSA) is 64.0 Å². The van der Waals surface area contributed by atoms with Crippen molar-refractivity contribution in [1.29, 1.82) is 0 Å². The van der Waals surface area contributed by atoms with Crippen LogP contribution in [0.25, 0.3) is 0 Å². The maximum Gasteiger partial charge on any atom is 0.267 e. The van der Waals surface area contributed by atoms with E-state index in [0.29, 0.717) is 5.69 Å². The fourth-order valence-electron chi connectivity index (χ4n) is 2.62. The zero-order chi connectivity index (χ0) is 16.6. The van der Waals surface area contributed by atoms with Gasteiger partial charge in [0.1, 0.15) is 11.9 Å². The molecule has 1 aliphatic rings. The number of hydrogen-bond donors (Lipinski definition) is 1. The number of amides is 1. The second-order valence-corrected chi connectivity index (χ2v) is 5.95. The summed E-state index contributed by atoms with van der Waals surface area (Å²) in [6.07, 6.45) is 2.64. The molecule has 1 unspecified atom stereocenters. The smallest absolute Gasteiger partial charge is 0.267 e. The van der Waals surface area contributed by atoms with Crippen LogP contribution in [0.3, 0.4) is 0 Å². The van der Waals surface area contributed by atoms with E-state index in [1.165, 1.54) is 22.9 Å². The van der Waals surface area contributed by atoms with Crippen molar-refractivity contribution < 1.29 is 9.18 Å². The Balaban J connectivity index is 1.82. The SMILES string of the molecule is CC(C(=O)Nc1ccc(F)c(Cl)c1)n1nc2c(cc1=O)CCC2. The third kappa shape index (κ3) is 3.12. The van der Waals surface area contributed by atoms with E-state index in [4.69, 9.17) is 11.6 Å². The van der Waals surface area contributed by atoms with E-state index >= 15 is 0 Å². The summed E-state index contributed by atoms with van der Waals surface area (Å²) in [5, 5.41) is 6.84. The summed E-state index contributed by atoms with van der Waals surface area (Å²) in [4.78, 5) is 24.4. The first kappa shape index (κ1) is 15.7. The molecule has 0 radical (unpaired) electrons. The number of aryl methyl sites for hydroxylation is 2. The summed E-state index contributed by atoms with van der Waals surface area (Å²) < 4.78 is 14.3. The van der Waals surface area contributed by atoms with E-state index < -0.39 is 17.8 Å². The Hall–Kier alpha value is -2.21. The van der Waals surface area contributed by atoms with Gasteiger partial charge in [0.2, 0.25) is 5.91 Å². The van der Waals surface area contributed by atoms with Gasteiger partial charge in [0, 0.05) is 11.8 Å². The number of carbonyl (C=O) groups is 1. The lowest BCUT2D eigenvalue weighted by Gasteiger charge is -2.15. The number of anilines is 1. The van der Waals surface area contributed by atoms with Crippen LogP contribution < -0.4 is 10.9 Å². The quantitative estimate of drug-likeness (QED) is 0.938. The number of hydrogen-bond acceptors (Lipinski definition) is 3.